The van der Waals surface area contributed by atoms with E-state index in [1.807, 2.05) is 0 Å². The maximum absolute atomic E-state index is 5.20. The summed E-state index contributed by atoms with van der Waals surface area (Å²) in [6.45, 7) is 1.05. The van der Waals surface area contributed by atoms with Crippen LogP contribution in [0.4, 0.5) is 0 Å². The largest absolute Gasteiger partial charge is 0.373 e. The van der Waals surface area contributed by atoms with E-state index in [0.717, 1.165) is 12.5 Å². The second-order valence-corrected chi connectivity index (χ2v) is 4.74. The molecule has 1 aliphatic carbocycles. The van der Waals surface area contributed by atoms with Crippen LogP contribution in [0, 0.1) is 5.92 Å². The number of ether oxygens (including phenoxy) is 1. The van der Waals surface area contributed by atoms with Gasteiger partial charge in [0.25, 0.3) is 0 Å². The predicted octanol–water partition coefficient (Wildman–Crippen LogP) is 3.53. The van der Waals surface area contributed by atoms with E-state index < -0.39 is 0 Å². The van der Waals surface area contributed by atoms with Crippen molar-refractivity contribution in [3.8, 4) is 0 Å². The first kappa shape index (κ1) is 9.51. The van der Waals surface area contributed by atoms with Crippen molar-refractivity contribution in [2.24, 2.45) is 5.92 Å². The molecule has 0 bridgehead atoms. The third-order valence-corrected chi connectivity index (χ3v) is 3.52. The summed E-state index contributed by atoms with van der Waals surface area (Å²) in [5, 5.41) is 0. The molecule has 2 rings (SSSR count). The number of epoxide rings is 1. The SMILES string of the molecule is C1CCC(CCCCC2CO2)CC1. The Kier molecular flexibility index (Phi) is 3.65. The molecule has 0 aromatic rings. The molecule has 1 aliphatic heterocycles. The van der Waals surface area contributed by atoms with Crippen molar-refractivity contribution in [3.63, 3.8) is 0 Å². The highest BCUT2D eigenvalue weighted by molar-refractivity contribution is 4.70. The zero-order chi connectivity index (χ0) is 8.93. The molecule has 1 unspecified atom stereocenters. The average Bonchev–Trinajstić information content (AvgIpc) is 2.98. The minimum atomic E-state index is 0.659. The van der Waals surface area contributed by atoms with Crippen LogP contribution in [0.3, 0.4) is 0 Å². The van der Waals surface area contributed by atoms with E-state index >= 15 is 0 Å². The van der Waals surface area contributed by atoms with Crippen LogP contribution in [0.5, 0.6) is 0 Å². The molecule has 0 aromatic carbocycles. The van der Waals surface area contributed by atoms with E-state index in [4.69, 9.17) is 4.74 Å². The molecule has 13 heavy (non-hydrogen) atoms. The Hall–Kier alpha value is -0.0400. The van der Waals surface area contributed by atoms with E-state index in [1.54, 1.807) is 0 Å². The molecule has 76 valence electrons. The maximum Gasteiger partial charge on any atom is 0.0810 e. The summed E-state index contributed by atoms with van der Waals surface area (Å²) in [7, 11) is 0. The van der Waals surface area contributed by atoms with Crippen molar-refractivity contribution in [3.05, 3.63) is 0 Å². The minimum Gasteiger partial charge on any atom is -0.373 e. The monoisotopic (exact) mass is 182 g/mol. The maximum atomic E-state index is 5.20. The minimum absolute atomic E-state index is 0.659. The van der Waals surface area contributed by atoms with Crippen molar-refractivity contribution in [2.45, 2.75) is 63.9 Å². The molecule has 0 aromatic heterocycles. The Bertz CT molecular complexity index is 134. The quantitative estimate of drug-likeness (QED) is 0.468. The molecule has 0 N–H and O–H groups in total. The number of rotatable bonds is 5. The topological polar surface area (TPSA) is 12.5 Å². The van der Waals surface area contributed by atoms with Gasteiger partial charge in [-0.1, -0.05) is 51.4 Å². The smallest absolute Gasteiger partial charge is 0.0810 e. The highest BCUT2D eigenvalue weighted by atomic mass is 16.6. The van der Waals surface area contributed by atoms with Crippen LogP contribution in [0.1, 0.15) is 57.8 Å². The molecule has 0 spiro atoms. The summed E-state index contributed by atoms with van der Waals surface area (Å²) in [6, 6.07) is 0. The van der Waals surface area contributed by atoms with Gasteiger partial charge in [0.1, 0.15) is 0 Å². The number of unbranched alkanes of at least 4 members (excludes halogenated alkanes) is 1. The second kappa shape index (κ2) is 4.99. The van der Waals surface area contributed by atoms with E-state index in [2.05, 4.69) is 0 Å². The fourth-order valence-electron chi connectivity index (χ4n) is 2.52. The van der Waals surface area contributed by atoms with Crippen molar-refractivity contribution in [1.29, 1.82) is 0 Å². The Morgan fingerprint density at radius 1 is 0.923 bits per heavy atom. The van der Waals surface area contributed by atoms with Gasteiger partial charge >= 0.3 is 0 Å². The van der Waals surface area contributed by atoms with Gasteiger partial charge in [-0.2, -0.15) is 0 Å². The van der Waals surface area contributed by atoms with Gasteiger partial charge in [-0.3, -0.25) is 0 Å². The molecular formula is C12H22O. The molecule has 1 saturated heterocycles. The third kappa shape index (κ3) is 3.68. The van der Waals surface area contributed by atoms with Gasteiger partial charge in [0.05, 0.1) is 12.7 Å². The average molecular weight is 182 g/mol. The summed E-state index contributed by atoms with van der Waals surface area (Å²) in [5.74, 6) is 1.08. The summed E-state index contributed by atoms with van der Waals surface area (Å²) >= 11 is 0. The first-order valence-corrected chi connectivity index (χ1v) is 6.07. The lowest BCUT2D eigenvalue weighted by molar-refractivity contribution is 0.323. The molecule has 2 fully saturated rings. The molecule has 1 nitrogen and oxygen atoms in total. The zero-order valence-electron chi connectivity index (χ0n) is 8.63. The van der Waals surface area contributed by atoms with Crippen molar-refractivity contribution < 1.29 is 4.74 Å². The van der Waals surface area contributed by atoms with Crippen LogP contribution in [-0.4, -0.2) is 12.7 Å². The van der Waals surface area contributed by atoms with Crippen LogP contribution in [0.25, 0.3) is 0 Å². The second-order valence-electron chi connectivity index (χ2n) is 4.74. The molecule has 1 saturated carbocycles. The van der Waals surface area contributed by atoms with Gasteiger partial charge in [0.15, 0.2) is 0 Å². The first-order valence-electron chi connectivity index (χ1n) is 6.07. The lowest BCUT2D eigenvalue weighted by atomic mass is 9.85. The predicted molar refractivity (Wildman–Crippen MR) is 54.8 cm³/mol. The first-order chi connectivity index (χ1) is 6.45. The molecule has 1 atom stereocenters. The van der Waals surface area contributed by atoms with Crippen LogP contribution < -0.4 is 0 Å². The normalized spacial score (nSPS) is 29.1. The van der Waals surface area contributed by atoms with Crippen molar-refractivity contribution >= 4 is 0 Å². The van der Waals surface area contributed by atoms with Crippen LogP contribution in [0.15, 0.2) is 0 Å². The Morgan fingerprint density at radius 3 is 2.31 bits per heavy atom. The van der Waals surface area contributed by atoms with Gasteiger partial charge in [-0.05, 0) is 12.3 Å². The van der Waals surface area contributed by atoms with E-state index in [0.29, 0.717) is 6.10 Å². The van der Waals surface area contributed by atoms with Crippen molar-refractivity contribution in [1.82, 2.24) is 0 Å². The summed E-state index contributed by atoms with van der Waals surface area (Å²) in [5.41, 5.74) is 0. The molecule has 0 amide bonds. The molecular weight excluding hydrogens is 160 g/mol. The highest BCUT2D eigenvalue weighted by Crippen LogP contribution is 2.28. The zero-order valence-corrected chi connectivity index (χ0v) is 8.63. The molecule has 1 heteroatoms. The number of hydrogen-bond donors (Lipinski definition) is 0. The summed E-state index contributed by atoms with van der Waals surface area (Å²) < 4.78 is 5.20. The lowest BCUT2D eigenvalue weighted by Crippen LogP contribution is -2.05. The van der Waals surface area contributed by atoms with Crippen LogP contribution in [-0.2, 0) is 4.74 Å². The van der Waals surface area contributed by atoms with E-state index in [9.17, 15) is 0 Å². The van der Waals surface area contributed by atoms with Gasteiger partial charge < -0.3 is 4.74 Å². The standard InChI is InChI=1S/C12H22O/c1-2-6-11(7-3-1)8-4-5-9-12-10-13-12/h11-12H,1-10H2. The molecule has 2 aliphatic rings. The van der Waals surface area contributed by atoms with Crippen LogP contribution >= 0.6 is 0 Å². The fraction of sp³-hybridized carbons (Fsp3) is 1.00. The molecule has 1 heterocycles. The van der Waals surface area contributed by atoms with E-state index in [1.165, 1.54) is 57.8 Å². The highest BCUT2D eigenvalue weighted by Gasteiger charge is 2.21. The van der Waals surface area contributed by atoms with E-state index in [-0.39, 0.29) is 0 Å². The molecule has 0 radical (unpaired) electrons. The summed E-state index contributed by atoms with van der Waals surface area (Å²) in [4.78, 5) is 0. The number of hydrogen-bond acceptors (Lipinski definition) is 1. The van der Waals surface area contributed by atoms with Gasteiger partial charge in [0.2, 0.25) is 0 Å². The Morgan fingerprint density at radius 2 is 1.62 bits per heavy atom. The van der Waals surface area contributed by atoms with Crippen molar-refractivity contribution in [2.75, 3.05) is 6.61 Å². The third-order valence-electron chi connectivity index (χ3n) is 3.52. The Labute approximate surface area is 81.9 Å². The van der Waals surface area contributed by atoms with Gasteiger partial charge in [0, 0.05) is 0 Å². The Balaban J connectivity index is 1.46. The van der Waals surface area contributed by atoms with Gasteiger partial charge in [-0.25, -0.2) is 0 Å². The lowest BCUT2D eigenvalue weighted by Gasteiger charge is -2.21. The van der Waals surface area contributed by atoms with Crippen LogP contribution in [0.2, 0.25) is 0 Å². The van der Waals surface area contributed by atoms with Gasteiger partial charge in [-0.15, -0.1) is 0 Å². The summed E-state index contributed by atoms with van der Waals surface area (Å²) in [6.07, 6.45) is 13.8. The fourth-order valence-corrected chi connectivity index (χ4v) is 2.52.